The Morgan fingerprint density at radius 2 is 1.25 bits per heavy atom. The highest BCUT2D eigenvalue weighted by Crippen LogP contribution is 2.19. The Hall–Kier alpha value is -2.76. The van der Waals surface area contributed by atoms with E-state index in [1.807, 2.05) is 0 Å². The molecule has 2 aromatic rings. The van der Waals surface area contributed by atoms with Gasteiger partial charge in [0.1, 0.15) is 11.4 Å². The zero-order chi connectivity index (χ0) is 16.8. The molecule has 2 amide bonds. The van der Waals surface area contributed by atoms with Gasteiger partial charge in [-0.1, -0.05) is 25.0 Å². The summed E-state index contributed by atoms with van der Waals surface area (Å²) in [4.78, 5) is 32.8. The molecule has 124 valence electrons. The largest absolute Gasteiger partial charge is 0.346 e. The Morgan fingerprint density at radius 1 is 0.792 bits per heavy atom. The van der Waals surface area contributed by atoms with E-state index < -0.39 is 0 Å². The standard InChI is InChI=1S/C18H20N4O2/c23-17(15-9-3-5-11-19-15)21-13-7-1-2-8-14(13)22-18(24)16-10-4-6-12-20-16/h3-6,9-14H,1-2,7-8H2,(H,21,23)(H,22,24)/t13-,14+. The third kappa shape index (κ3) is 3.95. The number of amides is 2. The van der Waals surface area contributed by atoms with Crippen molar-refractivity contribution in [3.8, 4) is 0 Å². The number of carbonyl (C=O) groups excluding carboxylic acids is 2. The highest BCUT2D eigenvalue weighted by molar-refractivity contribution is 5.93. The van der Waals surface area contributed by atoms with Gasteiger partial charge >= 0.3 is 0 Å². The molecule has 0 saturated heterocycles. The number of pyridine rings is 2. The molecule has 1 saturated carbocycles. The molecule has 2 aromatic heterocycles. The van der Waals surface area contributed by atoms with E-state index in [0.717, 1.165) is 25.7 Å². The molecule has 6 heteroatoms. The summed E-state index contributed by atoms with van der Waals surface area (Å²) in [6, 6.07) is 10.3. The highest BCUT2D eigenvalue weighted by atomic mass is 16.2. The molecule has 2 N–H and O–H groups in total. The van der Waals surface area contributed by atoms with Crippen LogP contribution in [0.1, 0.15) is 46.7 Å². The molecule has 6 nitrogen and oxygen atoms in total. The third-order valence-electron chi connectivity index (χ3n) is 4.19. The van der Waals surface area contributed by atoms with Crippen molar-refractivity contribution in [2.75, 3.05) is 0 Å². The summed E-state index contributed by atoms with van der Waals surface area (Å²) < 4.78 is 0. The Morgan fingerprint density at radius 3 is 1.62 bits per heavy atom. The van der Waals surface area contributed by atoms with Crippen LogP contribution in [0.5, 0.6) is 0 Å². The van der Waals surface area contributed by atoms with Gasteiger partial charge in [-0.3, -0.25) is 19.6 Å². The lowest BCUT2D eigenvalue weighted by molar-refractivity contribution is 0.0857. The number of aromatic nitrogens is 2. The molecule has 0 radical (unpaired) electrons. The smallest absolute Gasteiger partial charge is 0.270 e. The fourth-order valence-corrected chi connectivity index (χ4v) is 2.96. The lowest BCUT2D eigenvalue weighted by Gasteiger charge is -2.32. The minimum atomic E-state index is -0.209. The van der Waals surface area contributed by atoms with Gasteiger partial charge in [0, 0.05) is 24.5 Å². The van der Waals surface area contributed by atoms with Crippen molar-refractivity contribution < 1.29 is 9.59 Å². The minimum absolute atomic E-state index is 0.0964. The molecular formula is C18H20N4O2. The molecule has 0 unspecified atom stereocenters. The van der Waals surface area contributed by atoms with Crippen LogP contribution in [-0.4, -0.2) is 33.9 Å². The summed E-state index contributed by atoms with van der Waals surface area (Å²) >= 11 is 0. The number of nitrogens with one attached hydrogen (secondary N) is 2. The van der Waals surface area contributed by atoms with Gasteiger partial charge in [-0.25, -0.2) is 0 Å². The van der Waals surface area contributed by atoms with Gasteiger partial charge in [0.2, 0.25) is 0 Å². The van der Waals surface area contributed by atoms with Crippen molar-refractivity contribution in [3.05, 3.63) is 60.2 Å². The zero-order valence-corrected chi connectivity index (χ0v) is 13.3. The molecule has 1 fully saturated rings. The number of hydrogen-bond donors (Lipinski definition) is 2. The van der Waals surface area contributed by atoms with E-state index in [9.17, 15) is 9.59 Å². The van der Waals surface area contributed by atoms with Crippen LogP contribution in [0.4, 0.5) is 0 Å². The summed E-state index contributed by atoms with van der Waals surface area (Å²) in [5.41, 5.74) is 0.774. The highest BCUT2D eigenvalue weighted by Gasteiger charge is 2.28. The second kappa shape index (κ2) is 7.68. The van der Waals surface area contributed by atoms with Crippen LogP contribution in [0, 0.1) is 0 Å². The molecule has 1 aliphatic carbocycles. The first kappa shape index (κ1) is 16.1. The van der Waals surface area contributed by atoms with Crippen molar-refractivity contribution >= 4 is 11.8 Å². The molecule has 0 bridgehead atoms. The summed E-state index contributed by atoms with van der Waals surface area (Å²) in [6.45, 7) is 0. The zero-order valence-electron chi connectivity index (χ0n) is 13.3. The number of nitrogens with zero attached hydrogens (tertiary/aromatic N) is 2. The summed E-state index contributed by atoms with van der Waals surface area (Å²) in [7, 11) is 0. The lowest BCUT2D eigenvalue weighted by Crippen LogP contribution is -2.53. The molecular weight excluding hydrogens is 304 g/mol. The summed E-state index contributed by atoms with van der Waals surface area (Å²) in [5, 5.41) is 6.01. The molecule has 0 spiro atoms. The second-order valence-corrected chi connectivity index (χ2v) is 5.87. The summed E-state index contributed by atoms with van der Waals surface area (Å²) in [6.07, 6.45) is 6.93. The average molecular weight is 324 g/mol. The second-order valence-electron chi connectivity index (χ2n) is 5.87. The van der Waals surface area contributed by atoms with Crippen molar-refractivity contribution in [3.63, 3.8) is 0 Å². The fraction of sp³-hybridized carbons (Fsp3) is 0.333. The molecule has 24 heavy (non-hydrogen) atoms. The van der Waals surface area contributed by atoms with Crippen LogP contribution < -0.4 is 10.6 Å². The van der Waals surface area contributed by atoms with Crippen LogP contribution in [0.2, 0.25) is 0 Å². The van der Waals surface area contributed by atoms with Gasteiger partial charge in [0.25, 0.3) is 11.8 Å². The first-order valence-corrected chi connectivity index (χ1v) is 8.18. The van der Waals surface area contributed by atoms with Crippen LogP contribution >= 0.6 is 0 Å². The normalized spacial score (nSPS) is 20.2. The van der Waals surface area contributed by atoms with Crippen molar-refractivity contribution in [2.24, 2.45) is 0 Å². The number of rotatable bonds is 4. The monoisotopic (exact) mass is 324 g/mol. The molecule has 3 rings (SSSR count). The van der Waals surface area contributed by atoms with Crippen LogP contribution in [0.3, 0.4) is 0 Å². The quantitative estimate of drug-likeness (QED) is 0.900. The van der Waals surface area contributed by atoms with E-state index in [-0.39, 0.29) is 23.9 Å². The van der Waals surface area contributed by atoms with E-state index in [2.05, 4.69) is 20.6 Å². The Balaban J connectivity index is 1.65. The molecule has 0 aromatic carbocycles. The minimum Gasteiger partial charge on any atom is -0.346 e. The van der Waals surface area contributed by atoms with Gasteiger partial charge in [0.15, 0.2) is 0 Å². The van der Waals surface area contributed by atoms with Crippen molar-refractivity contribution in [1.82, 2.24) is 20.6 Å². The maximum absolute atomic E-state index is 12.3. The van der Waals surface area contributed by atoms with Crippen molar-refractivity contribution in [1.29, 1.82) is 0 Å². The van der Waals surface area contributed by atoms with Gasteiger partial charge in [0.05, 0.1) is 0 Å². The number of hydrogen-bond acceptors (Lipinski definition) is 4. The molecule has 2 atom stereocenters. The van der Waals surface area contributed by atoms with E-state index in [1.165, 1.54) is 0 Å². The third-order valence-corrected chi connectivity index (χ3v) is 4.19. The average Bonchev–Trinajstić information content (AvgIpc) is 2.64. The van der Waals surface area contributed by atoms with Crippen LogP contribution in [0.15, 0.2) is 48.8 Å². The topological polar surface area (TPSA) is 84.0 Å². The summed E-state index contributed by atoms with van der Waals surface area (Å²) in [5.74, 6) is -0.417. The molecule has 2 heterocycles. The fourth-order valence-electron chi connectivity index (χ4n) is 2.96. The van der Waals surface area contributed by atoms with Crippen LogP contribution in [0.25, 0.3) is 0 Å². The lowest BCUT2D eigenvalue weighted by atomic mass is 9.90. The van der Waals surface area contributed by atoms with Gasteiger partial charge < -0.3 is 10.6 Å². The number of carbonyl (C=O) groups is 2. The first-order valence-electron chi connectivity index (χ1n) is 8.18. The van der Waals surface area contributed by atoms with E-state index >= 15 is 0 Å². The van der Waals surface area contributed by atoms with E-state index in [0.29, 0.717) is 11.4 Å². The Kier molecular flexibility index (Phi) is 5.15. The predicted molar refractivity (Wildman–Crippen MR) is 89.5 cm³/mol. The molecule has 0 aliphatic heterocycles. The van der Waals surface area contributed by atoms with E-state index in [1.54, 1.807) is 48.8 Å². The Labute approximate surface area is 140 Å². The maximum Gasteiger partial charge on any atom is 0.270 e. The van der Waals surface area contributed by atoms with E-state index in [4.69, 9.17) is 0 Å². The van der Waals surface area contributed by atoms with Gasteiger partial charge in [-0.15, -0.1) is 0 Å². The SMILES string of the molecule is O=C(N[C@H]1CCCC[C@H]1NC(=O)c1ccccn1)c1ccccn1. The predicted octanol–water partition coefficient (Wildman–Crippen LogP) is 1.95. The molecule has 1 aliphatic rings. The first-order chi connectivity index (χ1) is 11.7. The van der Waals surface area contributed by atoms with Crippen molar-refractivity contribution in [2.45, 2.75) is 37.8 Å². The van der Waals surface area contributed by atoms with Gasteiger partial charge in [-0.05, 0) is 37.1 Å². The van der Waals surface area contributed by atoms with Crippen LogP contribution in [-0.2, 0) is 0 Å². The maximum atomic E-state index is 12.3. The Bertz CT molecular complexity index is 629. The van der Waals surface area contributed by atoms with Gasteiger partial charge in [-0.2, -0.15) is 0 Å².